The summed E-state index contributed by atoms with van der Waals surface area (Å²) in [5.74, 6) is 1.02. The smallest absolute Gasteiger partial charge is 0.223 e. The molecular formula is C29H32N6O. The number of para-hydroxylation sites is 1. The summed E-state index contributed by atoms with van der Waals surface area (Å²) in [6, 6.07) is 18.8. The maximum absolute atomic E-state index is 13.2. The Morgan fingerprint density at radius 3 is 2.50 bits per heavy atom. The summed E-state index contributed by atoms with van der Waals surface area (Å²) in [6.45, 7) is 5.61. The number of fused-ring (bicyclic) bond motifs is 2. The van der Waals surface area contributed by atoms with E-state index in [1.54, 1.807) is 0 Å². The summed E-state index contributed by atoms with van der Waals surface area (Å²) in [5, 5.41) is 18.4. The van der Waals surface area contributed by atoms with Crippen LogP contribution in [-0.2, 0) is 11.2 Å². The Morgan fingerprint density at radius 1 is 0.944 bits per heavy atom. The van der Waals surface area contributed by atoms with Gasteiger partial charge in [-0.15, -0.1) is 5.10 Å². The van der Waals surface area contributed by atoms with Crippen molar-refractivity contribution in [1.29, 1.82) is 0 Å². The van der Waals surface area contributed by atoms with Gasteiger partial charge < -0.3 is 10.2 Å². The Balaban J connectivity index is 1.19. The fraction of sp³-hybridized carbons (Fsp3) is 0.379. The molecule has 6 rings (SSSR count). The molecule has 1 unspecified atom stereocenters. The molecule has 1 fully saturated rings. The molecule has 4 aromatic rings. The summed E-state index contributed by atoms with van der Waals surface area (Å²) in [7, 11) is 0. The molecule has 1 aliphatic heterocycles. The number of aromatic nitrogens is 4. The van der Waals surface area contributed by atoms with Crippen LogP contribution in [0.15, 0.2) is 54.6 Å². The molecule has 0 bridgehead atoms. The lowest BCUT2D eigenvalue weighted by molar-refractivity contribution is -0.126. The lowest BCUT2D eigenvalue weighted by atomic mass is 9.87. The maximum atomic E-state index is 13.2. The average molecular weight is 481 g/mol. The molecule has 1 aliphatic carbocycles. The average Bonchev–Trinajstić information content (AvgIpc) is 3.27. The fourth-order valence-corrected chi connectivity index (χ4v) is 5.89. The van der Waals surface area contributed by atoms with Gasteiger partial charge in [0.15, 0.2) is 5.82 Å². The van der Waals surface area contributed by atoms with Crippen molar-refractivity contribution in [3.05, 3.63) is 77.1 Å². The van der Waals surface area contributed by atoms with E-state index in [1.807, 2.05) is 29.8 Å². The van der Waals surface area contributed by atoms with Crippen LogP contribution < -0.4 is 10.2 Å². The van der Waals surface area contributed by atoms with Crippen LogP contribution in [0.1, 0.15) is 54.2 Å². The van der Waals surface area contributed by atoms with Crippen molar-refractivity contribution in [2.24, 2.45) is 5.92 Å². The van der Waals surface area contributed by atoms with Crippen LogP contribution in [0.25, 0.3) is 16.6 Å². The lowest BCUT2D eigenvalue weighted by Gasteiger charge is -2.33. The SMILES string of the molecule is Cc1nnc(N2CCC(C(=O)NC3CCCc4ccccc43)CC2)c2nn(-c3ccccc3)c(C)c12. The summed E-state index contributed by atoms with van der Waals surface area (Å²) in [5.41, 5.74) is 6.51. The maximum Gasteiger partial charge on any atom is 0.223 e. The van der Waals surface area contributed by atoms with E-state index in [0.29, 0.717) is 0 Å². The monoisotopic (exact) mass is 480 g/mol. The van der Waals surface area contributed by atoms with Crippen molar-refractivity contribution in [1.82, 2.24) is 25.3 Å². The Bertz CT molecular complexity index is 1400. The number of benzene rings is 2. The summed E-state index contributed by atoms with van der Waals surface area (Å²) >= 11 is 0. The largest absolute Gasteiger partial charge is 0.353 e. The van der Waals surface area contributed by atoms with Gasteiger partial charge >= 0.3 is 0 Å². The Kier molecular flexibility index (Phi) is 5.91. The number of nitrogens with zero attached hydrogens (tertiary/aromatic N) is 5. The van der Waals surface area contributed by atoms with Gasteiger partial charge in [-0.05, 0) is 69.2 Å². The van der Waals surface area contributed by atoms with E-state index in [9.17, 15) is 4.79 Å². The minimum Gasteiger partial charge on any atom is -0.353 e. The second-order valence-corrected chi connectivity index (χ2v) is 10.1. The number of anilines is 1. The third kappa shape index (κ3) is 4.02. The van der Waals surface area contributed by atoms with Crippen molar-refractivity contribution >= 4 is 22.6 Å². The third-order valence-electron chi connectivity index (χ3n) is 7.84. The quantitative estimate of drug-likeness (QED) is 0.452. The van der Waals surface area contributed by atoms with Crippen molar-refractivity contribution in [3.63, 3.8) is 0 Å². The van der Waals surface area contributed by atoms with Crippen molar-refractivity contribution in [3.8, 4) is 5.69 Å². The second-order valence-electron chi connectivity index (χ2n) is 10.1. The van der Waals surface area contributed by atoms with E-state index in [0.717, 1.165) is 79.0 Å². The second kappa shape index (κ2) is 9.37. The Morgan fingerprint density at radius 2 is 1.69 bits per heavy atom. The molecule has 7 heteroatoms. The normalized spacial score (nSPS) is 18.3. The molecule has 2 aromatic heterocycles. The van der Waals surface area contributed by atoms with E-state index < -0.39 is 0 Å². The highest BCUT2D eigenvalue weighted by atomic mass is 16.2. The zero-order chi connectivity index (χ0) is 24.6. The van der Waals surface area contributed by atoms with Gasteiger partial charge in [0, 0.05) is 19.0 Å². The van der Waals surface area contributed by atoms with Gasteiger partial charge in [0.25, 0.3) is 0 Å². The summed E-state index contributed by atoms with van der Waals surface area (Å²) < 4.78 is 1.98. The standard InChI is InChI=1S/C29H32N6O/c1-19-26-20(2)35(23-11-4-3-5-12-23)33-27(26)28(32-31-19)34-17-15-22(16-18-34)29(36)30-25-14-8-10-21-9-6-7-13-24(21)25/h3-7,9,11-13,22,25H,8,10,14-18H2,1-2H3,(H,30,36). The van der Waals surface area contributed by atoms with Gasteiger partial charge in [0.1, 0.15) is 5.52 Å². The van der Waals surface area contributed by atoms with E-state index in [2.05, 4.69) is 63.7 Å². The molecule has 1 amide bonds. The predicted molar refractivity (Wildman–Crippen MR) is 141 cm³/mol. The zero-order valence-electron chi connectivity index (χ0n) is 20.9. The minimum atomic E-state index is 0.0212. The Labute approximate surface area is 211 Å². The van der Waals surface area contributed by atoms with Crippen molar-refractivity contribution < 1.29 is 4.79 Å². The topological polar surface area (TPSA) is 75.9 Å². The molecule has 1 atom stereocenters. The van der Waals surface area contributed by atoms with Gasteiger partial charge in [0.2, 0.25) is 5.91 Å². The molecule has 1 saturated heterocycles. The van der Waals surface area contributed by atoms with E-state index >= 15 is 0 Å². The number of rotatable bonds is 4. The predicted octanol–water partition coefficient (Wildman–Crippen LogP) is 4.84. The summed E-state index contributed by atoms with van der Waals surface area (Å²) in [4.78, 5) is 15.5. The van der Waals surface area contributed by atoms with E-state index in [4.69, 9.17) is 5.10 Å². The van der Waals surface area contributed by atoms with Gasteiger partial charge in [0.05, 0.1) is 28.5 Å². The number of amides is 1. The van der Waals surface area contributed by atoms with Gasteiger partial charge in [-0.3, -0.25) is 4.79 Å². The number of carbonyl (C=O) groups is 1. The molecule has 184 valence electrons. The molecule has 36 heavy (non-hydrogen) atoms. The Hall–Kier alpha value is -3.74. The van der Waals surface area contributed by atoms with Crippen LogP contribution in [-0.4, -0.2) is 39.0 Å². The molecular weight excluding hydrogens is 448 g/mol. The molecule has 2 aliphatic rings. The van der Waals surface area contributed by atoms with Crippen LogP contribution in [0.2, 0.25) is 0 Å². The molecule has 1 N–H and O–H groups in total. The first-order valence-electron chi connectivity index (χ1n) is 13.0. The first kappa shape index (κ1) is 22.7. The van der Waals surface area contributed by atoms with Gasteiger partial charge in [-0.2, -0.15) is 10.2 Å². The lowest BCUT2D eigenvalue weighted by Crippen LogP contribution is -2.42. The first-order chi connectivity index (χ1) is 17.6. The molecule has 7 nitrogen and oxygen atoms in total. The number of hydrogen-bond donors (Lipinski definition) is 1. The molecule has 0 saturated carbocycles. The fourth-order valence-electron chi connectivity index (χ4n) is 5.89. The molecule has 3 heterocycles. The highest BCUT2D eigenvalue weighted by Gasteiger charge is 2.30. The van der Waals surface area contributed by atoms with Crippen LogP contribution in [0.3, 0.4) is 0 Å². The number of carbonyl (C=O) groups excluding carboxylic acids is 1. The van der Waals surface area contributed by atoms with Crippen LogP contribution in [0.5, 0.6) is 0 Å². The highest BCUT2D eigenvalue weighted by molar-refractivity contribution is 5.92. The zero-order valence-corrected chi connectivity index (χ0v) is 20.9. The van der Waals surface area contributed by atoms with Crippen molar-refractivity contribution in [2.75, 3.05) is 18.0 Å². The number of hydrogen-bond acceptors (Lipinski definition) is 5. The number of piperidine rings is 1. The van der Waals surface area contributed by atoms with E-state index in [-0.39, 0.29) is 17.9 Å². The molecule has 0 spiro atoms. The molecule has 0 radical (unpaired) electrons. The van der Waals surface area contributed by atoms with Crippen LogP contribution >= 0.6 is 0 Å². The van der Waals surface area contributed by atoms with Gasteiger partial charge in [-0.25, -0.2) is 4.68 Å². The number of nitrogens with one attached hydrogen (secondary N) is 1. The highest BCUT2D eigenvalue weighted by Crippen LogP contribution is 2.33. The van der Waals surface area contributed by atoms with Crippen molar-refractivity contribution in [2.45, 2.75) is 52.0 Å². The summed E-state index contributed by atoms with van der Waals surface area (Å²) in [6.07, 6.45) is 4.84. The first-order valence-corrected chi connectivity index (χ1v) is 13.0. The molecule has 2 aromatic carbocycles. The van der Waals surface area contributed by atoms with E-state index in [1.165, 1.54) is 11.1 Å². The van der Waals surface area contributed by atoms with Crippen LogP contribution in [0.4, 0.5) is 5.82 Å². The third-order valence-corrected chi connectivity index (χ3v) is 7.84. The minimum absolute atomic E-state index is 0.0212. The van der Waals surface area contributed by atoms with Crippen LogP contribution in [0, 0.1) is 19.8 Å². The van der Waals surface area contributed by atoms with Gasteiger partial charge in [-0.1, -0.05) is 42.5 Å². The number of aryl methyl sites for hydroxylation is 3.